The Kier molecular flexibility index (Phi) is 8.34. The van der Waals surface area contributed by atoms with Crippen molar-refractivity contribution in [2.45, 2.75) is 84.4 Å². The Labute approximate surface area is 141 Å². The molecule has 136 valence electrons. The molecule has 5 heteroatoms. The quantitative estimate of drug-likeness (QED) is 0.672. The lowest BCUT2D eigenvalue weighted by Gasteiger charge is -2.36. The molecular weight excluding hydrogens is 292 g/mol. The molecule has 3 atom stereocenters. The highest BCUT2D eigenvalue weighted by molar-refractivity contribution is 5.67. The summed E-state index contributed by atoms with van der Waals surface area (Å²) in [7, 11) is 0. The molecule has 1 aliphatic rings. The van der Waals surface area contributed by atoms with E-state index in [-0.39, 0.29) is 12.7 Å². The van der Waals surface area contributed by atoms with E-state index in [2.05, 4.69) is 24.5 Å². The van der Waals surface area contributed by atoms with Gasteiger partial charge in [0.25, 0.3) is 0 Å². The first kappa shape index (κ1) is 20.2. The van der Waals surface area contributed by atoms with Crippen LogP contribution in [0.15, 0.2) is 0 Å². The molecule has 0 aliphatic heterocycles. The Morgan fingerprint density at radius 2 is 1.91 bits per heavy atom. The van der Waals surface area contributed by atoms with Crippen LogP contribution in [0.2, 0.25) is 0 Å². The topological polar surface area (TPSA) is 70.6 Å². The monoisotopic (exact) mass is 328 g/mol. The van der Waals surface area contributed by atoms with Crippen molar-refractivity contribution in [2.24, 2.45) is 11.8 Å². The van der Waals surface area contributed by atoms with Gasteiger partial charge in [-0.15, -0.1) is 0 Å². The van der Waals surface area contributed by atoms with E-state index in [1.807, 2.05) is 20.8 Å². The summed E-state index contributed by atoms with van der Waals surface area (Å²) in [6.45, 7) is 10.9. The van der Waals surface area contributed by atoms with Crippen LogP contribution < -0.4 is 10.6 Å². The van der Waals surface area contributed by atoms with E-state index in [0.717, 1.165) is 19.3 Å². The van der Waals surface area contributed by atoms with Gasteiger partial charge in [0.15, 0.2) is 0 Å². The molecule has 0 aromatic carbocycles. The molecule has 3 unspecified atom stereocenters. The third-order valence-electron chi connectivity index (χ3n) is 4.49. The van der Waals surface area contributed by atoms with Crippen LogP contribution in [0.5, 0.6) is 0 Å². The fraction of sp³-hybridized carbons (Fsp3) is 0.944. The minimum atomic E-state index is -0.460. The molecule has 0 spiro atoms. The first-order valence-electron chi connectivity index (χ1n) is 9.06. The average molecular weight is 328 g/mol. The Bertz CT molecular complexity index is 353. The number of rotatable bonds is 7. The molecule has 3 N–H and O–H groups in total. The summed E-state index contributed by atoms with van der Waals surface area (Å²) in [4.78, 5) is 11.9. The summed E-state index contributed by atoms with van der Waals surface area (Å²) in [5.74, 6) is 0.916. The third kappa shape index (κ3) is 8.02. The second-order valence-corrected chi connectivity index (χ2v) is 8.06. The number of hydrogen-bond donors (Lipinski definition) is 3. The van der Waals surface area contributed by atoms with E-state index < -0.39 is 5.60 Å². The minimum Gasteiger partial charge on any atom is -0.444 e. The van der Waals surface area contributed by atoms with Crippen LogP contribution in [-0.4, -0.2) is 42.0 Å². The number of ether oxygens (including phenoxy) is 1. The largest absolute Gasteiger partial charge is 0.444 e. The molecule has 1 amide bonds. The van der Waals surface area contributed by atoms with Gasteiger partial charge < -0.3 is 20.5 Å². The summed E-state index contributed by atoms with van der Waals surface area (Å²) in [5, 5.41) is 15.9. The number of amides is 1. The summed E-state index contributed by atoms with van der Waals surface area (Å²) in [5.41, 5.74) is -0.460. The van der Waals surface area contributed by atoms with Crippen LogP contribution >= 0.6 is 0 Å². The van der Waals surface area contributed by atoms with E-state index in [4.69, 9.17) is 4.74 Å². The van der Waals surface area contributed by atoms with Crippen LogP contribution in [0.3, 0.4) is 0 Å². The fourth-order valence-corrected chi connectivity index (χ4v) is 3.22. The van der Waals surface area contributed by atoms with Crippen LogP contribution in [0.25, 0.3) is 0 Å². The summed E-state index contributed by atoms with van der Waals surface area (Å²) in [6, 6.07) is 0.727. The van der Waals surface area contributed by atoms with E-state index in [0.29, 0.717) is 30.5 Å². The van der Waals surface area contributed by atoms with Gasteiger partial charge in [-0.1, -0.05) is 26.7 Å². The number of carbonyl (C=O) groups excluding carboxylic acids is 1. The predicted molar refractivity (Wildman–Crippen MR) is 93.4 cm³/mol. The molecule has 23 heavy (non-hydrogen) atoms. The normalized spacial score (nSPS) is 23.6. The second-order valence-electron chi connectivity index (χ2n) is 8.06. The number of alkyl carbamates (subject to hydrolysis) is 1. The summed E-state index contributed by atoms with van der Waals surface area (Å²) >= 11 is 0. The maximum atomic E-state index is 11.9. The molecule has 0 saturated heterocycles. The lowest BCUT2D eigenvalue weighted by Crippen LogP contribution is -2.50. The van der Waals surface area contributed by atoms with Gasteiger partial charge in [0.2, 0.25) is 0 Å². The molecule has 0 aromatic rings. The highest BCUT2D eigenvalue weighted by Gasteiger charge is 2.28. The van der Waals surface area contributed by atoms with E-state index in [9.17, 15) is 9.90 Å². The molecule has 1 saturated carbocycles. The Hall–Kier alpha value is -0.810. The maximum absolute atomic E-state index is 11.9. The first-order chi connectivity index (χ1) is 10.7. The summed E-state index contributed by atoms with van der Waals surface area (Å²) < 4.78 is 5.32. The molecule has 1 aliphatic carbocycles. The predicted octanol–water partition coefficient (Wildman–Crippen LogP) is 3.07. The number of aliphatic hydroxyl groups excluding tert-OH is 1. The van der Waals surface area contributed by atoms with Crippen LogP contribution in [-0.2, 0) is 4.74 Å². The van der Waals surface area contributed by atoms with Gasteiger partial charge in [0.1, 0.15) is 5.60 Å². The van der Waals surface area contributed by atoms with Crippen molar-refractivity contribution in [1.82, 2.24) is 10.6 Å². The fourth-order valence-electron chi connectivity index (χ4n) is 3.22. The molecular formula is C18H36N2O3. The Morgan fingerprint density at radius 1 is 1.26 bits per heavy atom. The van der Waals surface area contributed by atoms with Crippen LogP contribution in [0, 0.1) is 11.8 Å². The Morgan fingerprint density at radius 3 is 2.48 bits per heavy atom. The van der Waals surface area contributed by atoms with Crippen molar-refractivity contribution in [3.8, 4) is 0 Å². The maximum Gasteiger partial charge on any atom is 0.407 e. The SMILES string of the molecule is CC(C)C(CCO)NC1CCCCC1CNC(=O)OC(C)(C)C. The van der Waals surface area contributed by atoms with Gasteiger partial charge in [-0.3, -0.25) is 0 Å². The average Bonchev–Trinajstić information content (AvgIpc) is 2.44. The Balaban J connectivity index is 2.52. The van der Waals surface area contributed by atoms with Gasteiger partial charge in [0, 0.05) is 25.2 Å². The number of aliphatic hydroxyl groups is 1. The molecule has 5 nitrogen and oxygen atoms in total. The molecule has 0 heterocycles. The summed E-state index contributed by atoms with van der Waals surface area (Å²) in [6.07, 6.45) is 5.14. The number of hydrogen-bond acceptors (Lipinski definition) is 4. The molecule has 1 fully saturated rings. The van der Waals surface area contributed by atoms with Gasteiger partial charge in [-0.25, -0.2) is 4.79 Å². The van der Waals surface area contributed by atoms with E-state index in [1.165, 1.54) is 12.8 Å². The zero-order valence-electron chi connectivity index (χ0n) is 15.5. The third-order valence-corrected chi connectivity index (χ3v) is 4.49. The lowest BCUT2D eigenvalue weighted by molar-refractivity contribution is 0.0509. The van der Waals surface area contributed by atoms with Crippen molar-refractivity contribution in [2.75, 3.05) is 13.2 Å². The molecule has 0 radical (unpaired) electrons. The highest BCUT2D eigenvalue weighted by Crippen LogP contribution is 2.25. The standard InChI is InChI=1S/C18H36N2O3/c1-13(2)15(10-11-21)20-16-9-7-6-8-14(16)12-19-17(22)23-18(3,4)5/h13-16,20-21H,6-12H2,1-5H3,(H,19,22). The van der Waals surface area contributed by atoms with Gasteiger partial charge >= 0.3 is 6.09 Å². The van der Waals surface area contributed by atoms with Gasteiger partial charge in [-0.2, -0.15) is 0 Å². The number of nitrogens with one attached hydrogen (secondary N) is 2. The van der Waals surface area contributed by atoms with Crippen LogP contribution in [0.4, 0.5) is 4.79 Å². The van der Waals surface area contributed by atoms with Crippen molar-refractivity contribution in [1.29, 1.82) is 0 Å². The molecule has 0 bridgehead atoms. The molecule has 1 rings (SSSR count). The zero-order valence-corrected chi connectivity index (χ0v) is 15.5. The second kappa shape index (κ2) is 9.48. The van der Waals surface area contributed by atoms with Crippen molar-refractivity contribution < 1.29 is 14.6 Å². The highest BCUT2D eigenvalue weighted by atomic mass is 16.6. The lowest BCUT2D eigenvalue weighted by atomic mass is 9.83. The zero-order chi connectivity index (χ0) is 17.5. The smallest absolute Gasteiger partial charge is 0.407 e. The number of carbonyl (C=O) groups is 1. The first-order valence-corrected chi connectivity index (χ1v) is 9.06. The van der Waals surface area contributed by atoms with Gasteiger partial charge in [-0.05, 0) is 51.9 Å². The van der Waals surface area contributed by atoms with Gasteiger partial charge in [0.05, 0.1) is 0 Å². The van der Waals surface area contributed by atoms with E-state index in [1.54, 1.807) is 0 Å². The minimum absolute atomic E-state index is 0.212. The van der Waals surface area contributed by atoms with E-state index >= 15 is 0 Å². The van der Waals surface area contributed by atoms with Crippen molar-refractivity contribution >= 4 is 6.09 Å². The van der Waals surface area contributed by atoms with Crippen molar-refractivity contribution in [3.05, 3.63) is 0 Å². The molecule has 0 aromatic heterocycles. The van der Waals surface area contributed by atoms with Crippen molar-refractivity contribution in [3.63, 3.8) is 0 Å². The van der Waals surface area contributed by atoms with Crippen LogP contribution in [0.1, 0.15) is 66.7 Å².